The smallest absolute Gasteiger partial charge is 0.255 e. The first kappa shape index (κ1) is 29.4. The number of ether oxygens (including phenoxy) is 1. The van der Waals surface area contributed by atoms with E-state index in [2.05, 4.69) is 10.6 Å². The van der Waals surface area contributed by atoms with Gasteiger partial charge in [-0.15, -0.1) is 0 Å². The average Bonchev–Trinajstić information content (AvgIpc) is 3.05. The molecular formula is C27H31ClF2N2O6S. The summed E-state index contributed by atoms with van der Waals surface area (Å²) in [4.78, 5) is 25.1. The molecule has 212 valence electrons. The van der Waals surface area contributed by atoms with Crippen molar-refractivity contribution in [3.63, 3.8) is 0 Å². The van der Waals surface area contributed by atoms with Gasteiger partial charge in [0.25, 0.3) is 5.91 Å². The largest absolute Gasteiger partial charge is 0.389 e. The second-order valence-electron chi connectivity index (χ2n) is 10.4. The Bertz CT molecular complexity index is 1360. The maximum Gasteiger partial charge on any atom is 0.255 e. The molecule has 12 heteroatoms. The Morgan fingerprint density at radius 1 is 1.13 bits per heavy atom. The van der Waals surface area contributed by atoms with Crippen molar-refractivity contribution in [2.75, 3.05) is 19.0 Å². The van der Waals surface area contributed by atoms with Crippen LogP contribution in [0.1, 0.15) is 49.4 Å². The maximum absolute atomic E-state index is 13.7. The van der Waals surface area contributed by atoms with Gasteiger partial charge in [-0.3, -0.25) is 9.59 Å². The number of carbonyl (C=O) groups excluding carboxylic acids is 2. The molecule has 2 aliphatic rings. The van der Waals surface area contributed by atoms with Crippen LogP contribution >= 0.6 is 11.6 Å². The van der Waals surface area contributed by atoms with Crippen LogP contribution in [0.25, 0.3) is 0 Å². The van der Waals surface area contributed by atoms with Gasteiger partial charge in [0.2, 0.25) is 5.91 Å². The van der Waals surface area contributed by atoms with Crippen LogP contribution in [0.5, 0.6) is 0 Å². The van der Waals surface area contributed by atoms with Crippen molar-refractivity contribution in [3.8, 4) is 0 Å². The van der Waals surface area contributed by atoms with Gasteiger partial charge in [0.1, 0.15) is 0 Å². The predicted molar refractivity (Wildman–Crippen MR) is 141 cm³/mol. The summed E-state index contributed by atoms with van der Waals surface area (Å²) < 4.78 is 59.3. The van der Waals surface area contributed by atoms with Gasteiger partial charge in [0.15, 0.2) is 21.5 Å². The van der Waals surface area contributed by atoms with E-state index in [9.17, 15) is 31.9 Å². The quantitative estimate of drug-likeness (QED) is 0.408. The minimum atomic E-state index is -4.01. The minimum Gasteiger partial charge on any atom is -0.389 e. The van der Waals surface area contributed by atoms with Gasteiger partial charge in [0, 0.05) is 31.0 Å². The monoisotopic (exact) mass is 584 g/mol. The van der Waals surface area contributed by atoms with Gasteiger partial charge >= 0.3 is 0 Å². The number of benzene rings is 2. The average molecular weight is 585 g/mol. The molecule has 2 aromatic rings. The highest BCUT2D eigenvalue weighted by Crippen LogP contribution is 2.53. The molecule has 2 aliphatic carbocycles. The molecule has 39 heavy (non-hydrogen) atoms. The third kappa shape index (κ3) is 6.11. The summed E-state index contributed by atoms with van der Waals surface area (Å²) in [6, 6.07) is 6.67. The fraction of sp³-hybridized carbons (Fsp3) is 0.481. The fourth-order valence-corrected chi connectivity index (χ4v) is 8.03. The first-order valence-corrected chi connectivity index (χ1v) is 14.6. The minimum absolute atomic E-state index is 0.00196. The van der Waals surface area contributed by atoms with Crippen LogP contribution in [0.4, 0.5) is 14.5 Å². The van der Waals surface area contributed by atoms with E-state index in [0.717, 1.165) is 12.1 Å². The molecule has 0 radical (unpaired) electrons. The van der Waals surface area contributed by atoms with Gasteiger partial charge in [-0.25, -0.2) is 17.2 Å². The lowest BCUT2D eigenvalue weighted by atomic mass is 9.72. The van der Waals surface area contributed by atoms with Gasteiger partial charge in [0.05, 0.1) is 33.3 Å². The number of aliphatic hydroxyl groups is 1. The number of rotatable bonds is 9. The molecule has 4 rings (SSSR count). The van der Waals surface area contributed by atoms with E-state index in [0.29, 0.717) is 19.4 Å². The molecule has 8 nitrogen and oxygen atoms in total. The third-order valence-electron chi connectivity index (χ3n) is 7.92. The van der Waals surface area contributed by atoms with Gasteiger partial charge < -0.3 is 20.5 Å². The van der Waals surface area contributed by atoms with E-state index < -0.39 is 38.2 Å². The van der Waals surface area contributed by atoms with E-state index in [1.165, 1.54) is 31.4 Å². The van der Waals surface area contributed by atoms with Crippen molar-refractivity contribution in [2.24, 2.45) is 11.8 Å². The summed E-state index contributed by atoms with van der Waals surface area (Å²) in [5.41, 5.74) is -1.33. The topological polar surface area (TPSA) is 122 Å². The lowest BCUT2D eigenvalue weighted by molar-refractivity contribution is -0.133. The second kappa shape index (κ2) is 11.5. The first-order valence-electron chi connectivity index (χ1n) is 12.7. The van der Waals surface area contributed by atoms with Crippen LogP contribution < -0.4 is 10.6 Å². The molecule has 0 spiro atoms. The fourth-order valence-electron chi connectivity index (χ4n) is 5.63. The number of fused-ring (bicyclic) bond motifs is 2. The van der Waals surface area contributed by atoms with E-state index in [4.69, 9.17) is 16.3 Å². The first-order chi connectivity index (χ1) is 18.3. The second-order valence-corrected chi connectivity index (χ2v) is 13.0. The van der Waals surface area contributed by atoms with Crippen LogP contribution in [0.15, 0.2) is 41.3 Å². The van der Waals surface area contributed by atoms with Crippen molar-refractivity contribution >= 4 is 38.9 Å². The SMILES string of the molecule is CO[C@@H](C)CNC(=O)CC1(O)C2CC[C@@H]1CC(S(=O)(=O)c1cc(C(=O)Nc3ccc(F)c(F)c3)ccc1Cl)C2. The molecule has 2 amide bonds. The van der Waals surface area contributed by atoms with Crippen molar-refractivity contribution < 1.29 is 36.6 Å². The third-order valence-corrected chi connectivity index (χ3v) is 10.6. The molecule has 0 aliphatic heterocycles. The molecule has 2 aromatic carbocycles. The molecular weight excluding hydrogens is 554 g/mol. The van der Waals surface area contributed by atoms with Gasteiger partial charge in [-0.05, 0) is 74.8 Å². The zero-order valence-electron chi connectivity index (χ0n) is 21.5. The van der Waals surface area contributed by atoms with Gasteiger partial charge in [-0.1, -0.05) is 11.6 Å². The lowest BCUT2D eigenvalue weighted by Crippen LogP contribution is -2.51. The molecule has 2 saturated carbocycles. The molecule has 2 bridgehead atoms. The van der Waals surface area contributed by atoms with Crippen LogP contribution in [-0.4, -0.2) is 55.9 Å². The Hall–Kier alpha value is -2.60. The van der Waals surface area contributed by atoms with E-state index in [-0.39, 0.29) is 64.3 Å². The summed E-state index contributed by atoms with van der Waals surface area (Å²) in [5.74, 6) is -4.02. The Balaban J connectivity index is 1.50. The molecule has 3 unspecified atom stereocenters. The standard InChI is InChI=1S/C27H31ClF2N2O6S/c1-15(38-2)14-31-25(33)13-27(35)17-4-5-18(27)11-20(10-17)39(36,37)24-9-16(3-7-21(24)28)26(34)32-19-6-8-22(29)23(30)12-19/h3,6-9,12,15,17-18,20,35H,4-5,10-11,13-14H2,1-2H3,(H,31,33)(H,32,34)/t15-,17+,18?,20?,27?/m0/s1. The predicted octanol–water partition coefficient (Wildman–Crippen LogP) is 4.11. The van der Waals surface area contributed by atoms with E-state index in [1.54, 1.807) is 6.92 Å². The molecule has 5 atom stereocenters. The number of carbonyl (C=O) groups is 2. The van der Waals surface area contributed by atoms with Crippen LogP contribution in [0.3, 0.4) is 0 Å². The van der Waals surface area contributed by atoms with Crippen molar-refractivity contribution in [2.45, 2.75) is 60.9 Å². The van der Waals surface area contributed by atoms with Crippen molar-refractivity contribution in [1.82, 2.24) is 5.32 Å². The summed E-state index contributed by atoms with van der Waals surface area (Å²) in [6.45, 7) is 2.11. The number of nitrogens with one attached hydrogen (secondary N) is 2. The number of hydrogen-bond donors (Lipinski definition) is 3. The zero-order chi connectivity index (χ0) is 28.5. The van der Waals surface area contributed by atoms with E-state index >= 15 is 0 Å². The Kier molecular flexibility index (Phi) is 8.65. The number of hydrogen-bond acceptors (Lipinski definition) is 6. The summed E-state index contributed by atoms with van der Waals surface area (Å²) >= 11 is 6.27. The molecule has 2 fully saturated rings. The van der Waals surface area contributed by atoms with Gasteiger partial charge in [-0.2, -0.15) is 0 Å². The highest BCUT2D eigenvalue weighted by atomic mass is 35.5. The normalized spacial score (nSPS) is 25.2. The number of sulfone groups is 1. The summed E-state index contributed by atoms with van der Waals surface area (Å²) in [6.07, 6.45) is 1.20. The lowest BCUT2D eigenvalue weighted by Gasteiger charge is -2.42. The van der Waals surface area contributed by atoms with Crippen LogP contribution in [-0.2, 0) is 19.4 Å². The number of halogens is 3. The van der Waals surface area contributed by atoms with E-state index in [1.807, 2.05) is 0 Å². The molecule has 0 heterocycles. The Morgan fingerprint density at radius 2 is 1.79 bits per heavy atom. The van der Waals surface area contributed by atoms with Crippen molar-refractivity contribution in [1.29, 1.82) is 0 Å². The van der Waals surface area contributed by atoms with Crippen molar-refractivity contribution in [3.05, 3.63) is 58.6 Å². The highest BCUT2D eigenvalue weighted by molar-refractivity contribution is 7.92. The number of anilines is 1. The summed E-state index contributed by atoms with van der Waals surface area (Å²) in [5, 5.41) is 15.7. The van der Waals surface area contributed by atoms with Crippen LogP contribution in [0, 0.1) is 23.5 Å². The molecule has 0 aromatic heterocycles. The highest BCUT2D eigenvalue weighted by Gasteiger charge is 2.56. The number of methoxy groups -OCH3 is 1. The van der Waals surface area contributed by atoms with Crippen LogP contribution in [0.2, 0.25) is 5.02 Å². The Labute approximate surface area is 231 Å². The zero-order valence-corrected chi connectivity index (χ0v) is 23.1. The maximum atomic E-state index is 13.7. The summed E-state index contributed by atoms with van der Waals surface area (Å²) in [7, 11) is -2.48. The Morgan fingerprint density at radius 3 is 2.41 bits per heavy atom. The molecule has 0 saturated heterocycles. The molecule has 3 N–H and O–H groups in total. The number of amides is 2.